The zero-order chi connectivity index (χ0) is 34.0. The number of carbonyl (C=O) groups excluding carboxylic acids is 2. The zero-order valence-electron chi connectivity index (χ0n) is 30.0. The summed E-state index contributed by atoms with van der Waals surface area (Å²) in [5.74, 6) is -0.807. The Hall–Kier alpha value is -1.21. The maximum atomic E-state index is 12.4. The van der Waals surface area contributed by atoms with Gasteiger partial charge in [0.15, 0.2) is 6.10 Å². The fraction of sp³-hybridized carbons (Fsp3) is 0.892. The molecule has 0 fully saturated rings. The molecule has 0 aromatic heterocycles. The van der Waals surface area contributed by atoms with Crippen LogP contribution in [0.25, 0.3) is 0 Å². The van der Waals surface area contributed by atoms with Gasteiger partial charge in [-0.25, -0.2) is 4.57 Å². The summed E-state index contributed by atoms with van der Waals surface area (Å²) >= 11 is 0. The van der Waals surface area contributed by atoms with Crippen LogP contribution < -0.4 is 0 Å². The zero-order valence-corrected chi connectivity index (χ0v) is 30.9. The molecule has 0 saturated heterocycles. The van der Waals surface area contributed by atoms with E-state index in [4.69, 9.17) is 14.0 Å². The lowest BCUT2D eigenvalue weighted by molar-refractivity contribution is -0.161. The molecule has 0 aliphatic rings. The number of rotatable bonds is 35. The van der Waals surface area contributed by atoms with Gasteiger partial charge in [-0.15, -0.1) is 0 Å². The number of hydrogen-bond acceptors (Lipinski definition) is 7. The van der Waals surface area contributed by atoms with Gasteiger partial charge in [0.2, 0.25) is 0 Å². The highest BCUT2D eigenvalue weighted by atomic mass is 31.2. The molecule has 0 aromatic carbocycles. The Morgan fingerprint density at radius 3 is 1.41 bits per heavy atom. The smallest absolute Gasteiger partial charge is 0.462 e. The molecule has 2 unspecified atom stereocenters. The topological polar surface area (TPSA) is 108 Å². The summed E-state index contributed by atoms with van der Waals surface area (Å²) in [5.41, 5.74) is 0. The number of phosphoric ester groups is 1. The molecule has 9 heteroatoms. The number of ether oxygens (including phenoxy) is 2. The lowest BCUT2D eigenvalue weighted by Gasteiger charge is -2.19. The number of hydrogen-bond donors (Lipinski definition) is 1. The van der Waals surface area contributed by atoms with Crippen molar-refractivity contribution in [2.24, 2.45) is 0 Å². The second-order valence-corrected chi connectivity index (χ2v) is 14.3. The SMILES string of the molecule is CCCCCCC/C=C\CCCCCCCC(=O)OC(COC(=O)CCCCCCCCCCCCCCC)COP(=O)(O)OC. The van der Waals surface area contributed by atoms with Crippen molar-refractivity contribution in [3.8, 4) is 0 Å². The van der Waals surface area contributed by atoms with Crippen molar-refractivity contribution in [2.75, 3.05) is 20.3 Å². The molecule has 0 aliphatic carbocycles. The molecule has 0 spiro atoms. The molecular formula is C37H71O8P. The van der Waals surface area contributed by atoms with Crippen molar-refractivity contribution in [3.05, 3.63) is 12.2 Å². The van der Waals surface area contributed by atoms with Crippen molar-refractivity contribution >= 4 is 19.8 Å². The normalized spacial score (nSPS) is 13.6. The predicted molar refractivity (Wildman–Crippen MR) is 189 cm³/mol. The summed E-state index contributed by atoms with van der Waals surface area (Å²) in [6, 6.07) is 0. The second kappa shape index (κ2) is 33.7. The van der Waals surface area contributed by atoms with Crippen molar-refractivity contribution in [3.63, 3.8) is 0 Å². The number of allylic oxidation sites excluding steroid dienone is 2. The molecule has 0 radical (unpaired) electrons. The van der Waals surface area contributed by atoms with Crippen molar-refractivity contribution in [1.82, 2.24) is 0 Å². The van der Waals surface area contributed by atoms with Gasteiger partial charge in [-0.3, -0.25) is 18.6 Å². The molecule has 272 valence electrons. The first-order valence-electron chi connectivity index (χ1n) is 18.9. The maximum absolute atomic E-state index is 12.4. The molecule has 1 N–H and O–H groups in total. The fourth-order valence-corrected chi connectivity index (χ4v) is 5.76. The average Bonchev–Trinajstić information content (AvgIpc) is 3.04. The van der Waals surface area contributed by atoms with Crippen LogP contribution in [0.15, 0.2) is 12.2 Å². The van der Waals surface area contributed by atoms with E-state index in [-0.39, 0.29) is 19.0 Å². The van der Waals surface area contributed by atoms with Gasteiger partial charge in [0, 0.05) is 20.0 Å². The van der Waals surface area contributed by atoms with Crippen LogP contribution >= 0.6 is 7.82 Å². The third kappa shape index (κ3) is 32.7. The summed E-state index contributed by atoms with van der Waals surface area (Å²) in [6.07, 6.45) is 34.0. The van der Waals surface area contributed by atoms with Gasteiger partial charge < -0.3 is 14.4 Å². The minimum Gasteiger partial charge on any atom is -0.462 e. The first-order chi connectivity index (χ1) is 22.3. The third-order valence-corrected chi connectivity index (χ3v) is 9.20. The van der Waals surface area contributed by atoms with Crippen LogP contribution in [0.1, 0.15) is 187 Å². The summed E-state index contributed by atoms with van der Waals surface area (Å²) in [5, 5.41) is 0. The van der Waals surface area contributed by atoms with E-state index in [1.54, 1.807) is 0 Å². The molecule has 0 heterocycles. The van der Waals surface area contributed by atoms with E-state index in [0.29, 0.717) is 12.8 Å². The van der Waals surface area contributed by atoms with Crippen molar-refractivity contribution in [1.29, 1.82) is 0 Å². The lowest BCUT2D eigenvalue weighted by atomic mass is 10.0. The molecule has 0 saturated carbocycles. The third-order valence-electron chi connectivity index (χ3n) is 8.26. The Morgan fingerprint density at radius 1 is 0.587 bits per heavy atom. The van der Waals surface area contributed by atoms with E-state index in [1.807, 2.05) is 0 Å². The van der Waals surface area contributed by atoms with Gasteiger partial charge in [-0.05, 0) is 38.5 Å². The first kappa shape index (κ1) is 44.8. The van der Waals surface area contributed by atoms with E-state index in [9.17, 15) is 19.0 Å². The molecule has 0 amide bonds. The van der Waals surface area contributed by atoms with Crippen LogP contribution in [-0.4, -0.2) is 43.3 Å². The lowest BCUT2D eigenvalue weighted by Crippen LogP contribution is -2.29. The minimum atomic E-state index is -4.25. The van der Waals surface area contributed by atoms with Gasteiger partial charge in [0.1, 0.15) is 6.61 Å². The van der Waals surface area contributed by atoms with E-state index in [2.05, 4.69) is 30.5 Å². The standard InChI is InChI=1S/C37H71O8P/c1-4-6-8-10-12-14-16-18-20-22-24-26-28-30-32-37(39)45-35(34-44-46(40,41)42-3)33-43-36(38)31-29-27-25-23-21-19-17-15-13-11-9-7-5-2/h16,18,35H,4-15,17,19-34H2,1-3H3,(H,40,41)/b18-16-. The summed E-state index contributed by atoms with van der Waals surface area (Å²) in [7, 11) is -3.19. The van der Waals surface area contributed by atoms with E-state index >= 15 is 0 Å². The Labute approximate surface area is 282 Å². The largest absolute Gasteiger partial charge is 0.472 e. The van der Waals surface area contributed by atoms with Crippen LogP contribution in [0.5, 0.6) is 0 Å². The molecule has 0 bridgehead atoms. The molecule has 2 atom stereocenters. The van der Waals surface area contributed by atoms with Gasteiger partial charge in [-0.2, -0.15) is 0 Å². The molecule has 0 rings (SSSR count). The summed E-state index contributed by atoms with van der Waals surface area (Å²) in [6.45, 7) is 3.87. The van der Waals surface area contributed by atoms with Crippen LogP contribution in [-0.2, 0) is 32.7 Å². The monoisotopic (exact) mass is 674 g/mol. The maximum Gasteiger partial charge on any atom is 0.472 e. The van der Waals surface area contributed by atoms with Gasteiger partial charge in [0.25, 0.3) is 0 Å². The van der Waals surface area contributed by atoms with Gasteiger partial charge in [-0.1, -0.05) is 148 Å². The summed E-state index contributed by atoms with van der Waals surface area (Å²) in [4.78, 5) is 34.3. The van der Waals surface area contributed by atoms with Crippen molar-refractivity contribution < 1.29 is 37.6 Å². The molecule has 8 nitrogen and oxygen atoms in total. The highest BCUT2D eigenvalue weighted by Gasteiger charge is 2.24. The number of carbonyl (C=O) groups is 2. The quantitative estimate of drug-likeness (QED) is 0.0306. The van der Waals surface area contributed by atoms with Crippen LogP contribution in [0, 0.1) is 0 Å². The first-order valence-corrected chi connectivity index (χ1v) is 20.4. The molecule has 46 heavy (non-hydrogen) atoms. The summed E-state index contributed by atoms with van der Waals surface area (Å²) < 4.78 is 31.8. The Kier molecular flexibility index (Phi) is 32.8. The Bertz CT molecular complexity index is 772. The van der Waals surface area contributed by atoms with Crippen LogP contribution in [0.4, 0.5) is 0 Å². The number of esters is 2. The Morgan fingerprint density at radius 2 is 0.978 bits per heavy atom. The van der Waals surface area contributed by atoms with E-state index < -0.39 is 26.5 Å². The Balaban J connectivity index is 4.06. The second-order valence-electron chi connectivity index (χ2n) is 12.7. The molecule has 0 aliphatic heterocycles. The van der Waals surface area contributed by atoms with Gasteiger partial charge >= 0.3 is 19.8 Å². The highest BCUT2D eigenvalue weighted by molar-refractivity contribution is 7.47. The number of unbranched alkanes of at least 4 members (excludes halogenated alkanes) is 22. The number of phosphoric acid groups is 1. The highest BCUT2D eigenvalue weighted by Crippen LogP contribution is 2.42. The van der Waals surface area contributed by atoms with Gasteiger partial charge in [0.05, 0.1) is 6.61 Å². The minimum absolute atomic E-state index is 0.223. The van der Waals surface area contributed by atoms with Crippen molar-refractivity contribution in [2.45, 2.75) is 193 Å². The molecule has 0 aromatic rings. The van der Waals surface area contributed by atoms with Crippen LogP contribution in [0.2, 0.25) is 0 Å². The van der Waals surface area contributed by atoms with E-state index in [1.165, 1.54) is 103 Å². The average molecular weight is 675 g/mol. The van der Waals surface area contributed by atoms with E-state index in [0.717, 1.165) is 58.5 Å². The van der Waals surface area contributed by atoms with Crippen LogP contribution in [0.3, 0.4) is 0 Å². The fourth-order valence-electron chi connectivity index (χ4n) is 5.30. The molecular weight excluding hydrogens is 603 g/mol. The predicted octanol–water partition coefficient (Wildman–Crippen LogP) is 11.3.